The molecule has 1 unspecified atom stereocenters. The summed E-state index contributed by atoms with van der Waals surface area (Å²) >= 11 is 0. The van der Waals surface area contributed by atoms with E-state index in [4.69, 9.17) is 4.74 Å². The quantitative estimate of drug-likeness (QED) is 0.842. The van der Waals surface area contributed by atoms with Crippen molar-refractivity contribution in [1.82, 2.24) is 15.2 Å². The molecule has 1 aromatic heterocycles. The van der Waals surface area contributed by atoms with Crippen molar-refractivity contribution in [3.8, 4) is 5.75 Å². The highest BCUT2D eigenvalue weighted by molar-refractivity contribution is 6.05. The molecule has 0 aliphatic carbocycles. The predicted octanol–water partition coefficient (Wildman–Crippen LogP) is 1.42. The van der Waals surface area contributed by atoms with Gasteiger partial charge in [0.2, 0.25) is 11.8 Å². The number of amides is 3. The Hall–Kier alpha value is -3.22. The number of pyridine rings is 1. The van der Waals surface area contributed by atoms with E-state index in [0.717, 1.165) is 11.1 Å². The fourth-order valence-corrected chi connectivity index (χ4v) is 3.34. The Morgan fingerprint density at radius 1 is 1.19 bits per heavy atom. The summed E-state index contributed by atoms with van der Waals surface area (Å²) in [6.07, 6.45) is 4.00. The maximum atomic E-state index is 12.7. The molecule has 0 radical (unpaired) electrons. The van der Waals surface area contributed by atoms with Crippen molar-refractivity contribution in [1.29, 1.82) is 0 Å². The molecule has 2 aliphatic heterocycles. The molecule has 132 valence electrons. The minimum atomic E-state index is -0.626. The summed E-state index contributed by atoms with van der Waals surface area (Å²) in [5.74, 6) is -0.299. The molecule has 3 amide bonds. The van der Waals surface area contributed by atoms with Gasteiger partial charge in [-0.25, -0.2) is 0 Å². The van der Waals surface area contributed by atoms with Crippen LogP contribution in [0.4, 0.5) is 0 Å². The van der Waals surface area contributed by atoms with Crippen LogP contribution < -0.4 is 10.1 Å². The first-order chi connectivity index (χ1) is 12.6. The fraction of sp³-hybridized carbons (Fsp3) is 0.263. The number of nitrogens with one attached hydrogen (secondary N) is 1. The van der Waals surface area contributed by atoms with Crippen molar-refractivity contribution in [2.45, 2.75) is 32.0 Å². The molecular weight excluding hydrogens is 334 g/mol. The number of piperidine rings is 1. The predicted molar refractivity (Wildman–Crippen MR) is 91.1 cm³/mol. The lowest BCUT2D eigenvalue weighted by atomic mass is 10.0. The van der Waals surface area contributed by atoms with Gasteiger partial charge in [0.15, 0.2) is 0 Å². The molecule has 7 heteroatoms. The van der Waals surface area contributed by atoms with Crippen LogP contribution in [0, 0.1) is 0 Å². The molecule has 26 heavy (non-hydrogen) atoms. The second-order valence-corrected chi connectivity index (χ2v) is 6.33. The molecule has 2 aliphatic rings. The molecule has 1 N–H and O–H groups in total. The van der Waals surface area contributed by atoms with E-state index in [1.165, 1.54) is 4.90 Å². The van der Waals surface area contributed by atoms with Crippen LogP contribution >= 0.6 is 0 Å². The number of carbonyl (C=O) groups is 3. The highest BCUT2D eigenvalue weighted by Crippen LogP contribution is 2.33. The zero-order valence-corrected chi connectivity index (χ0v) is 14.0. The van der Waals surface area contributed by atoms with Gasteiger partial charge in [0.05, 0.1) is 6.54 Å². The van der Waals surface area contributed by atoms with Crippen molar-refractivity contribution in [2.75, 3.05) is 0 Å². The molecule has 0 spiro atoms. The van der Waals surface area contributed by atoms with Crippen LogP contribution in [0.1, 0.15) is 34.3 Å². The van der Waals surface area contributed by atoms with Crippen molar-refractivity contribution >= 4 is 17.7 Å². The Morgan fingerprint density at radius 2 is 2.08 bits per heavy atom. The first-order valence-corrected chi connectivity index (χ1v) is 8.42. The van der Waals surface area contributed by atoms with Crippen LogP contribution in [0.15, 0.2) is 42.7 Å². The molecule has 0 bridgehead atoms. The summed E-state index contributed by atoms with van der Waals surface area (Å²) in [4.78, 5) is 41.8. The van der Waals surface area contributed by atoms with Crippen LogP contribution in [-0.2, 0) is 22.7 Å². The zero-order chi connectivity index (χ0) is 18.1. The highest BCUT2D eigenvalue weighted by atomic mass is 16.5. The third-order valence-electron chi connectivity index (χ3n) is 4.66. The van der Waals surface area contributed by atoms with Crippen LogP contribution in [0.3, 0.4) is 0 Å². The summed E-state index contributed by atoms with van der Waals surface area (Å²) in [6.45, 7) is 0.639. The molecule has 2 aromatic rings. The summed E-state index contributed by atoms with van der Waals surface area (Å²) in [5, 5.41) is 2.30. The van der Waals surface area contributed by atoms with Gasteiger partial charge in [-0.1, -0.05) is 12.1 Å². The van der Waals surface area contributed by atoms with Crippen molar-refractivity contribution in [3.05, 3.63) is 59.4 Å². The number of benzene rings is 1. The van der Waals surface area contributed by atoms with E-state index >= 15 is 0 Å². The first-order valence-electron chi connectivity index (χ1n) is 8.42. The van der Waals surface area contributed by atoms with E-state index in [1.807, 2.05) is 18.2 Å². The molecule has 3 heterocycles. The van der Waals surface area contributed by atoms with E-state index < -0.39 is 11.9 Å². The number of hydrogen-bond acceptors (Lipinski definition) is 5. The van der Waals surface area contributed by atoms with E-state index in [0.29, 0.717) is 30.9 Å². The monoisotopic (exact) mass is 351 g/mol. The van der Waals surface area contributed by atoms with Gasteiger partial charge in [0.1, 0.15) is 18.4 Å². The maximum absolute atomic E-state index is 12.7. The second-order valence-electron chi connectivity index (χ2n) is 6.33. The summed E-state index contributed by atoms with van der Waals surface area (Å²) in [7, 11) is 0. The van der Waals surface area contributed by atoms with Crippen molar-refractivity contribution in [2.24, 2.45) is 0 Å². The smallest absolute Gasteiger partial charge is 0.255 e. The van der Waals surface area contributed by atoms with Gasteiger partial charge in [0.25, 0.3) is 5.91 Å². The SMILES string of the molecule is O=C1CCC(N2Cc3c(OCc4cccnc4)cccc3C2=O)C(=O)N1. The zero-order valence-electron chi connectivity index (χ0n) is 14.0. The van der Waals surface area contributed by atoms with Gasteiger partial charge in [-0.05, 0) is 24.6 Å². The Bertz CT molecular complexity index is 882. The minimum absolute atomic E-state index is 0.207. The van der Waals surface area contributed by atoms with Gasteiger partial charge in [-0.3, -0.25) is 24.7 Å². The molecule has 1 saturated heterocycles. The largest absolute Gasteiger partial charge is 0.488 e. The Kier molecular flexibility index (Phi) is 4.12. The van der Waals surface area contributed by atoms with Gasteiger partial charge >= 0.3 is 0 Å². The normalized spacial score (nSPS) is 19.3. The van der Waals surface area contributed by atoms with Gasteiger partial charge in [0, 0.05) is 35.5 Å². The molecule has 1 atom stereocenters. The van der Waals surface area contributed by atoms with E-state index in [1.54, 1.807) is 24.5 Å². The molecule has 7 nitrogen and oxygen atoms in total. The van der Waals surface area contributed by atoms with E-state index in [-0.39, 0.29) is 18.2 Å². The van der Waals surface area contributed by atoms with Crippen LogP contribution in [0.25, 0.3) is 0 Å². The van der Waals surface area contributed by atoms with Gasteiger partial charge in [-0.2, -0.15) is 0 Å². The average molecular weight is 351 g/mol. The standard InChI is InChI=1S/C19H17N3O4/c23-17-7-6-15(18(24)21-17)22-10-14-13(19(22)25)4-1-5-16(14)26-11-12-3-2-8-20-9-12/h1-5,8-9,15H,6-7,10-11H2,(H,21,23,24). The van der Waals surface area contributed by atoms with Crippen molar-refractivity contribution < 1.29 is 19.1 Å². The third kappa shape index (κ3) is 2.92. The molecule has 1 fully saturated rings. The van der Waals surface area contributed by atoms with Gasteiger partial charge < -0.3 is 9.64 Å². The summed E-state index contributed by atoms with van der Waals surface area (Å²) < 4.78 is 5.89. The lowest BCUT2D eigenvalue weighted by molar-refractivity contribution is -0.136. The first kappa shape index (κ1) is 16.3. The Morgan fingerprint density at radius 3 is 2.85 bits per heavy atom. The van der Waals surface area contributed by atoms with Gasteiger partial charge in [-0.15, -0.1) is 0 Å². The number of ether oxygens (including phenoxy) is 1. The number of imide groups is 1. The fourth-order valence-electron chi connectivity index (χ4n) is 3.34. The number of aromatic nitrogens is 1. The number of rotatable bonds is 4. The number of nitrogens with zero attached hydrogens (tertiary/aromatic N) is 2. The summed E-state index contributed by atoms with van der Waals surface area (Å²) in [5.41, 5.74) is 2.24. The number of hydrogen-bond donors (Lipinski definition) is 1. The summed E-state index contributed by atoms with van der Waals surface area (Å²) in [6, 6.07) is 8.44. The van der Waals surface area contributed by atoms with Crippen LogP contribution in [0.5, 0.6) is 5.75 Å². The average Bonchev–Trinajstić information content (AvgIpc) is 2.98. The third-order valence-corrected chi connectivity index (χ3v) is 4.66. The Labute approximate surface area is 150 Å². The number of fused-ring (bicyclic) bond motifs is 1. The molecule has 1 aromatic carbocycles. The molecule has 4 rings (SSSR count). The maximum Gasteiger partial charge on any atom is 0.255 e. The topological polar surface area (TPSA) is 88.6 Å². The van der Waals surface area contributed by atoms with E-state index in [9.17, 15) is 14.4 Å². The minimum Gasteiger partial charge on any atom is -0.488 e. The molecular formula is C19H17N3O4. The van der Waals surface area contributed by atoms with Crippen LogP contribution in [0.2, 0.25) is 0 Å². The second kappa shape index (κ2) is 6.59. The molecule has 0 saturated carbocycles. The van der Waals surface area contributed by atoms with Crippen LogP contribution in [-0.4, -0.2) is 33.6 Å². The van der Waals surface area contributed by atoms with E-state index in [2.05, 4.69) is 10.3 Å². The van der Waals surface area contributed by atoms with Crippen molar-refractivity contribution in [3.63, 3.8) is 0 Å². The highest BCUT2D eigenvalue weighted by Gasteiger charge is 2.40. The Balaban J connectivity index is 1.54. The number of carbonyl (C=O) groups excluding carboxylic acids is 3. The lowest BCUT2D eigenvalue weighted by Gasteiger charge is -2.29. The lowest BCUT2D eigenvalue weighted by Crippen LogP contribution is -2.52.